The van der Waals surface area contributed by atoms with E-state index in [1.807, 2.05) is 30.3 Å². The molecule has 0 fully saturated rings. The van der Waals surface area contributed by atoms with Crippen molar-refractivity contribution in [2.45, 2.75) is 12.3 Å². The molecule has 0 bridgehead atoms. The number of benzene rings is 2. The zero-order valence-corrected chi connectivity index (χ0v) is 12.4. The average Bonchev–Trinajstić information content (AvgIpc) is 2.54. The molecule has 1 unspecified atom stereocenters. The first-order chi connectivity index (χ1) is 10.7. The molecule has 110 valence electrons. The number of para-hydroxylation sites is 1. The van der Waals surface area contributed by atoms with Crippen LogP contribution in [0.4, 0.5) is 5.69 Å². The van der Waals surface area contributed by atoms with Crippen LogP contribution in [-0.4, -0.2) is 12.5 Å². The number of halogens is 1. The maximum absolute atomic E-state index is 12.5. The summed E-state index contributed by atoms with van der Waals surface area (Å²) in [5.74, 6) is 0.405. The van der Waals surface area contributed by atoms with Crippen LogP contribution in [0.15, 0.2) is 42.5 Å². The highest BCUT2D eigenvalue weighted by molar-refractivity contribution is 6.32. The van der Waals surface area contributed by atoms with E-state index in [4.69, 9.17) is 21.6 Å². The fraction of sp³-hybridized carbons (Fsp3) is 0.176. The summed E-state index contributed by atoms with van der Waals surface area (Å²) in [6.45, 7) is 0.517. The standard InChI is InChI=1S/C17H13ClN2O2/c18-15-9-12(6-5-11(15)10-19)20-17(21)14-7-8-22-16-4-2-1-3-13(14)16/h1-6,9,14H,7-8H2,(H,20,21). The minimum atomic E-state index is -0.251. The molecule has 1 aliphatic heterocycles. The largest absolute Gasteiger partial charge is 0.493 e. The first-order valence-corrected chi connectivity index (χ1v) is 7.29. The Hall–Kier alpha value is -2.51. The molecule has 1 atom stereocenters. The van der Waals surface area contributed by atoms with Crippen LogP contribution in [0, 0.1) is 11.3 Å². The summed E-state index contributed by atoms with van der Waals surface area (Å²) in [5.41, 5.74) is 1.86. The Morgan fingerprint density at radius 2 is 2.14 bits per heavy atom. The topological polar surface area (TPSA) is 62.1 Å². The normalized spacial score (nSPS) is 16.1. The molecule has 0 aliphatic carbocycles. The number of hydrogen-bond acceptors (Lipinski definition) is 3. The fourth-order valence-corrected chi connectivity index (χ4v) is 2.75. The van der Waals surface area contributed by atoms with E-state index in [-0.39, 0.29) is 11.8 Å². The van der Waals surface area contributed by atoms with Gasteiger partial charge in [-0.15, -0.1) is 0 Å². The Balaban J connectivity index is 1.81. The third-order valence-corrected chi connectivity index (χ3v) is 3.94. The number of nitrogens with zero attached hydrogens (tertiary/aromatic N) is 1. The van der Waals surface area contributed by atoms with E-state index in [0.717, 1.165) is 11.3 Å². The molecular formula is C17H13ClN2O2. The first-order valence-electron chi connectivity index (χ1n) is 6.91. The van der Waals surface area contributed by atoms with Crippen molar-refractivity contribution in [3.63, 3.8) is 0 Å². The third-order valence-electron chi connectivity index (χ3n) is 3.63. The first kappa shape index (κ1) is 14.4. The smallest absolute Gasteiger partial charge is 0.232 e. The third kappa shape index (κ3) is 2.76. The molecule has 1 amide bonds. The van der Waals surface area contributed by atoms with Crippen molar-refractivity contribution in [1.82, 2.24) is 0 Å². The zero-order valence-electron chi connectivity index (χ0n) is 11.7. The molecule has 0 saturated carbocycles. The number of ether oxygens (including phenoxy) is 1. The summed E-state index contributed by atoms with van der Waals surface area (Å²) in [4.78, 5) is 12.5. The Labute approximate surface area is 133 Å². The van der Waals surface area contributed by atoms with E-state index in [1.54, 1.807) is 18.2 Å². The van der Waals surface area contributed by atoms with Gasteiger partial charge in [0, 0.05) is 11.3 Å². The Morgan fingerprint density at radius 1 is 1.32 bits per heavy atom. The Morgan fingerprint density at radius 3 is 2.91 bits per heavy atom. The molecule has 4 nitrogen and oxygen atoms in total. The number of carbonyl (C=O) groups excluding carboxylic acids is 1. The van der Waals surface area contributed by atoms with Gasteiger partial charge in [0.25, 0.3) is 0 Å². The lowest BCUT2D eigenvalue weighted by Crippen LogP contribution is -2.26. The molecular weight excluding hydrogens is 300 g/mol. The SMILES string of the molecule is N#Cc1ccc(NC(=O)C2CCOc3ccccc32)cc1Cl. The molecule has 0 radical (unpaired) electrons. The van der Waals surface area contributed by atoms with Gasteiger partial charge in [-0.05, 0) is 30.7 Å². The lowest BCUT2D eigenvalue weighted by molar-refractivity contribution is -0.118. The Bertz CT molecular complexity index is 767. The lowest BCUT2D eigenvalue weighted by atomic mass is 9.92. The van der Waals surface area contributed by atoms with Gasteiger partial charge in [-0.25, -0.2) is 0 Å². The number of amides is 1. The number of anilines is 1. The van der Waals surface area contributed by atoms with E-state index in [0.29, 0.717) is 29.3 Å². The molecule has 22 heavy (non-hydrogen) atoms. The van der Waals surface area contributed by atoms with Crippen LogP contribution in [0.3, 0.4) is 0 Å². The van der Waals surface area contributed by atoms with Crippen molar-refractivity contribution < 1.29 is 9.53 Å². The monoisotopic (exact) mass is 312 g/mol. The molecule has 0 saturated heterocycles. The van der Waals surface area contributed by atoms with Crippen LogP contribution in [0.5, 0.6) is 5.75 Å². The molecule has 2 aromatic carbocycles. The maximum atomic E-state index is 12.5. The number of hydrogen-bond donors (Lipinski definition) is 1. The van der Waals surface area contributed by atoms with Crippen LogP contribution >= 0.6 is 11.6 Å². The summed E-state index contributed by atoms with van der Waals surface area (Å²) >= 11 is 5.99. The van der Waals surface area contributed by atoms with Crippen LogP contribution in [0.25, 0.3) is 0 Å². The van der Waals surface area contributed by atoms with Gasteiger partial charge >= 0.3 is 0 Å². The van der Waals surface area contributed by atoms with Crippen LogP contribution in [0.2, 0.25) is 5.02 Å². The van der Waals surface area contributed by atoms with Crippen LogP contribution < -0.4 is 10.1 Å². The van der Waals surface area contributed by atoms with Gasteiger partial charge in [0.1, 0.15) is 11.8 Å². The Kier molecular flexibility index (Phi) is 3.99. The summed E-state index contributed by atoms with van der Waals surface area (Å²) in [6, 6.07) is 14.4. The summed E-state index contributed by atoms with van der Waals surface area (Å²) in [5, 5.41) is 12.1. The molecule has 1 heterocycles. The lowest BCUT2D eigenvalue weighted by Gasteiger charge is -2.25. The molecule has 0 aromatic heterocycles. The van der Waals surface area contributed by atoms with Crippen molar-refractivity contribution in [2.75, 3.05) is 11.9 Å². The van der Waals surface area contributed by atoms with Gasteiger partial charge in [0.15, 0.2) is 0 Å². The molecule has 5 heteroatoms. The minimum Gasteiger partial charge on any atom is -0.493 e. The van der Waals surface area contributed by atoms with Gasteiger partial charge in [0.05, 0.1) is 23.1 Å². The zero-order chi connectivity index (χ0) is 15.5. The van der Waals surface area contributed by atoms with Gasteiger partial charge < -0.3 is 10.1 Å². The highest BCUT2D eigenvalue weighted by Gasteiger charge is 2.27. The molecule has 2 aromatic rings. The second-order valence-corrected chi connectivity index (χ2v) is 5.43. The van der Waals surface area contributed by atoms with Gasteiger partial charge in [-0.2, -0.15) is 5.26 Å². The number of fused-ring (bicyclic) bond motifs is 1. The average molecular weight is 313 g/mol. The predicted octanol–water partition coefficient (Wildman–Crippen LogP) is 3.72. The van der Waals surface area contributed by atoms with Crippen LogP contribution in [-0.2, 0) is 4.79 Å². The highest BCUT2D eigenvalue weighted by Crippen LogP contribution is 2.34. The fourth-order valence-electron chi connectivity index (χ4n) is 2.53. The quantitative estimate of drug-likeness (QED) is 0.919. The number of nitrogens with one attached hydrogen (secondary N) is 1. The molecule has 1 aliphatic rings. The van der Waals surface area contributed by atoms with E-state index < -0.39 is 0 Å². The second-order valence-electron chi connectivity index (χ2n) is 5.02. The second kappa shape index (κ2) is 6.08. The van der Waals surface area contributed by atoms with Crippen LogP contribution in [0.1, 0.15) is 23.5 Å². The summed E-state index contributed by atoms with van der Waals surface area (Å²) in [7, 11) is 0. The number of carbonyl (C=O) groups is 1. The van der Waals surface area contributed by atoms with Crippen molar-refractivity contribution in [3.05, 3.63) is 58.6 Å². The molecule has 0 spiro atoms. The van der Waals surface area contributed by atoms with E-state index in [1.165, 1.54) is 0 Å². The highest BCUT2D eigenvalue weighted by atomic mass is 35.5. The van der Waals surface area contributed by atoms with E-state index in [2.05, 4.69) is 5.32 Å². The summed E-state index contributed by atoms with van der Waals surface area (Å²) in [6.07, 6.45) is 0.632. The van der Waals surface area contributed by atoms with Crippen molar-refractivity contribution in [3.8, 4) is 11.8 Å². The predicted molar refractivity (Wildman–Crippen MR) is 84.1 cm³/mol. The number of rotatable bonds is 2. The van der Waals surface area contributed by atoms with Crippen molar-refractivity contribution >= 4 is 23.2 Å². The number of nitriles is 1. The van der Waals surface area contributed by atoms with E-state index in [9.17, 15) is 4.79 Å². The maximum Gasteiger partial charge on any atom is 0.232 e. The molecule has 1 N–H and O–H groups in total. The van der Waals surface area contributed by atoms with E-state index >= 15 is 0 Å². The van der Waals surface area contributed by atoms with Crippen molar-refractivity contribution in [2.24, 2.45) is 0 Å². The van der Waals surface area contributed by atoms with Crippen molar-refractivity contribution in [1.29, 1.82) is 5.26 Å². The molecule has 3 rings (SSSR count). The van der Waals surface area contributed by atoms with Gasteiger partial charge in [0.2, 0.25) is 5.91 Å². The van der Waals surface area contributed by atoms with Gasteiger partial charge in [-0.1, -0.05) is 29.8 Å². The summed E-state index contributed by atoms with van der Waals surface area (Å²) < 4.78 is 5.57. The van der Waals surface area contributed by atoms with Gasteiger partial charge in [-0.3, -0.25) is 4.79 Å². The minimum absolute atomic E-state index is 0.100.